The molecule has 0 aromatic heterocycles. The van der Waals surface area contributed by atoms with Gasteiger partial charge in [-0.25, -0.2) is 13.2 Å². The largest absolute Gasteiger partial charge is 0.323 e. The van der Waals surface area contributed by atoms with Gasteiger partial charge in [0, 0.05) is 11.4 Å². The molecule has 138 valence electrons. The van der Waals surface area contributed by atoms with Gasteiger partial charge >= 0.3 is 6.03 Å². The molecular weight excluding hydrogens is 348 g/mol. The van der Waals surface area contributed by atoms with E-state index in [-0.39, 0.29) is 17.7 Å². The van der Waals surface area contributed by atoms with Gasteiger partial charge in [0.15, 0.2) is 9.84 Å². The van der Waals surface area contributed by atoms with Gasteiger partial charge in [-0.2, -0.15) is 0 Å². The van der Waals surface area contributed by atoms with Gasteiger partial charge in [-0.1, -0.05) is 30.5 Å². The number of anilines is 2. The number of amides is 2. The summed E-state index contributed by atoms with van der Waals surface area (Å²) in [6.07, 6.45) is 4.24. The smallest absolute Gasteiger partial charge is 0.308 e. The lowest BCUT2D eigenvalue weighted by molar-refractivity contribution is 0.262. The summed E-state index contributed by atoms with van der Waals surface area (Å²) in [5.74, 6) is 0.492. The van der Waals surface area contributed by atoms with Crippen LogP contribution in [0.2, 0.25) is 0 Å². The Labute approximate surface area is 154 Å². The first kappa shape index (κ1) is 18.5. The highest BCUT2D eigenvalue weighted by Crippen LogP contribution is 2.28. The lowest BCUT2D eigenvalue weighted by atomic mass is 10.1. The summed E-state index contributed by atoms with van der Waals surface area (Å²) < 4.78 is 25.0. The second-order valence-electron chi connectivity index (χ2n) is 6.90. The molecule has 3 rings (SSSR count). The Bertz CT molecular complexity index is 853. The molecule has 2 amide bonds. The van der Waals surface area contributed by atoms with Gasteiger partial charge in [-0.15, -0.1) is 0 Å². The first-order valence-electron chi connectivity index (χ1n) is 8.90. The van der Waals surface area contributed by atoms with Crippen molar-refractivity contribution in [2.75, 3.05) is 16.4 Å². The van der Waals surface area contributed by atoms with Crippen molar-refractivity contribution < 1.29 is 13.2 Å². The number of aryl methyl sites for hydroxylation is 1. The van der Waals surface area contributed by atoms with Gasteiger partial charge < -0.3 is 10.6 Å². The zero-order chi connectivity index (χ0) is 18.6. The molecule has 1 aliphatic carbocycles. The Morgan fingerprint density at radius 3 is 1.96 bits per heavy atom. The number of nitrogens with one attached hydrogen (secondary N) is 2. The first-order chi connectivity index (χ1) is 12.4. The Morgan fingerprint density at radius 2 is 1.42 bits per heavy atom. The number of carbonyl (C=O) groups is 1. The lowest BCUT2D eigenvalue weighted by Crippen LogP contribution is -2.19. The molecule has 0 radical (unpaired) electrons. The Hall–Kier alpha value is -2.34. The normalized spacial score (nSPS) is 15.0. The standard InChI is InChI=1S/C20H24N2O3S/c1-15-6-8-17(9-7-15)21-20(23)22-18-10-12-19(13-11-18)26(24,25)14-16-4-2-3-5-16/h6-13,16H,2-5,14H2,1H3,(H2,21,22,23). The molecule has 1 fully saturated rings. The van der Waals surface area contributed by atoms with Gasteiger partial charge in [0.25, 0.3) is 0 Å². The molecular formula is C20H24N2O3S. The van der Waals surface area contributed by atoms with Crippen molar-refractivity contribution in [3.05, 3.63) is 54.1 Å². The minimum absolute atomic E-state index is 0.216. The molecule has 0 unspecified atom stereocenters. The molecule has 2 aromatic rings. The summed E-state index contributed by atoms with van der Waals surface area (Å²) in [4.78, 5) is 12.4. The predicted octanol–water partition coefficient (Wildman–Crippen LogP) is 4.60. The SMILES string of the molecule is Cc1ccc(NC(=O)Nc2ccc(S(=O)(=O)CC3CCCC3)cc2)cc1. The first-order valence-corrected chi connectivity index (χ1v) is 10.6. The van der Waals surface area contributed by atoms with Crippen LogP contribution < -0.4 is 10.6 Å². The molecule has 6 heteroatoms. The van der Waals surface area contributed by atoms with Crippen LogP contribution in [0.1, 0.15) is 31.2 Å². The van der Waals surface area contributed by atoms with Gasteiger partial charge in [-0.05, 0) is 62.1 Å². The maximum absolute atomic E-state index is 12.5. The molecule has 0 saturated heterocycles. The topological polar surface area (TPSA) is 75.3 Å². The minimum atomic E-state index is -3.27. The van der Waals surface area contributed by atoms with E-state index < -0.39 is 9.84 Å². The predicted molar refractivity (Wildman–Crippen MR) is 104 cm³/mol. The summed E-state index contributed by atoms with van der Waals surface area (Å²) in [6.45, 7) is 1.98. The number of carbonyl (C=O) groups excluding carboxylic acids is 1. The maximum atomic E-state index is 12.5. The molecule has 1 aliphatic rings. The van der Waals surface area contributed by atoms with Crippen molar-refractivity contribution >= 4 is 27.2 Å². The quantitative estimate of drug-likeness (QED) is 0.805. The number of urea groups is 1. The number of benzene rings is 2. The van der Waals surface area contributed by atoms with Gasteiger partial charge in [-0.3, -0.25) is 0 Å². The fraction of sp³-hybridized carbons (Fsp3) is 0.350. The van der Waals surface area contributed by atoms with Gasteiger partial charge in [0.05, 0.1) is 10.6 Å². The van der Waals surface area contributed by atoms with Crippen molar-refractivity contribution in [1.29, 1.82) is 0 Å². The second kappa shape index (κ2) is 7.91. The number of hydrogen-bond donors (Lipinski definition) is 2. The summed E-state index contributed by atoms with van der Waals surface area (Å²) >= 11 is 0. The zero-order valence-electron chi connectivity index (χ0n) is 14.9. The third-order valence-electron chi connectivity index (χ3n) is 4.71. The van der Waals surface area contributed by atoms with E-state index in [1.807, 2.05) is 31.2 Å². The van der Waals surface area contributed by atoms with Crippen molar-refractivity contribution in [3.8, 4) is 0 Å². The van der Waals surface area contributed by atoms with Crippen molar-refractivity contribution in [2.45, 2.75) is 37.5 Å². The number of sulfone groups is 1. The Kier molecular flexibility index (Phi) is 5.61. The number of rotatable bonds is 5. The van der Waals surface area contributed by atoms with Crippen LogP contribution in [0.5, 0.6) is 0 Å². The third-order valence-corrected chi connectivity index (χ3v) is 6.61. The van der Waals surface area contributed by atoms with E-state index in [4.69, 9.17) is 0 Å². The lowest BCUT2D eigenvalue weighted by Gasteiger charge is -2.11. The van der Waals surface area contributed by atoms with Gasteiger partial charge in [0.1, 0.15) is 0 Å². The molecule has 5 nitrogen and oxygen atoms in total. The zero-order valence-corrected chi connectivity index (χ0v) is 15.7. The maximum Gasteiger partial charge on any atom is 0.323 e. The van der Waals surface area contributed by atoms with Crippen LogP contribution in [0.4, 0.5) is 16.2 Å². The van der Waals surface area contributed by atoms with Crippen LogP contribution in [0, 0.1) is 12.8 Å². The molecule has 1 saturated carbocycles. The minimum Gasteiger partial charge on any atom is -0.308 e. The van der Waals surface area contributed by atoms with Crippen LogP contribution in [0.15, 0.2) is 53.4 Å². The Morgan fingerprint density at radius 1 is 0.923 bits per heavy atom. The van der Waals surface area contributed by atoms with E-state index >= 15 is 0 Å². The van der Waals surface area contributed by atoms with E-state index in [1.165, 1.54) is 0 Å². The van der Waals surface area contributed by atoms with E-state index in [0.717, 1.165) is 31.2 Å². The molecule has 0 aliphatic heterocycles. The van der Waals surface area contributed by atoms with Gasteiger partial charge in [0.2, 0.25) is 0 Å². The Balaban J connectivity index is 1.59. The van der Waals surface area contributed by atoms with Crippen molar-refractivity contribution in [3.63, 3.8) is 0 Å². The van der Waals surface area contributed by atoms with E-state index in [0.29, 0.717) is 16.3 Å². The molecule has 0 heterocycles. The summed E-state index contributed by atoms with van der Waals surface area (Å²) in [6, 6.07) is 13.5. The molecule has 2 N–H and O–H groups in total. The monoisotopic (exact) mass is 372 g/mol. The highest BCUT2D eigenvalue weighted by Gasteiger charge is 2.24. The molecule has 0 atom stereocenters. The van der Waals surface area contributed by atoms with E-state index in [2.05, 4.69) is 10.6 Å². The van der Waals surface area contributed by atoms with Crippen molar-refractivity contribution in [2.24, 2.45) is 5.92 Å². The average molecular weight is 372 g/mol. The second-order valence-corrected chi connectivity index (χ2v) is 8.94. The number of hydrogen-bond acceptors (Lipinski definition) is 3. The molecule has 0 spiro atoms. The van der Waals surface area contributed by atoms with Crippen LogP contribution in [0.25, 0.3) is 0 Å². The summed E-state index contributed by atoms with van der Waals surface area (Å²) in [7, 11) is -3.27. The van der Waals surface area contributed by atoms with E-state index in [1.54, 1.807) is 24.3 Å². The molecule has 2 aromatic carbocycles. The van der Waals surface area contributed by atoms with Crippen LogP contribution in [-0.4, -0.2) is 20.2 Å². The highest BCUT2D eigenvalue weighted by atomic mass is 32.2. The highest BCUT2D eigenvalue weighted by molar-refractivity contribution is 7.91. The van der Waals surface area contributed by atoms with E-state index in [9.17, 15) is 13.2 Å². The fourth-order valence-corrected chi connectivity index (χ4v) is 4.96. The molecule has 0 bridgehead atoms. The summed E-state index contributed by atoms with van der Waals surface area (Å²) in [5.41, 5.74) is 2.36. The van der Waals surface area contributed by atoms with Crippen LogP contribution in [-0.2, 0) is 9.84 Å². The molecule has 26 heavy (non-hydrogen) atoms. The van der Waals surface area contributed by atoms with Crippen LogP contribution in [0.3, 0.4) is 0 Å². The average Bonchev–Trinajstić information content (AvgIpc) is 3.09. The fourth-order valence-electron chi connectivity index (χ4n) is 3.26. The third kappa shape index (κ3) is 4.85. The van der Waals surface area contributed by atoms with Crippen molar-refractivity contribution in [1.82, 2.24) is 0 Å². The van der Waals surface area contributed by atoms with Crippen LogP contribution >= 0.6 is 0 Å². The summed E-state index contributed by atoms with van der Waals surface area (Å²) in [5, 5.41) is 5.45.